The molecule has 2 rings (SSSR count). The Balaban J connectivity index is 2.42. The molecular weight excluding hydrogens is 204 g/mol. The van der Waals surface area contributed by atoms with Gasteiger partial charge in [0.25, 0.3) is 0 Å². The Hall–Kier alpha value is -0.520. The second kappa shape index (κ2) is 4.63. The second-order valence-corrected chi connectivity index (χ2v) is 6.63. The zero-order valence-electron chi connectivity index (χ0n) is 12.2. The van der Waals surface area contributed by atoms with Crippen LogP contribution in [0.4, 0.5) is 0 Å². The van der Waals surface area contributed by atoms with Crippen molar-refractivity contribution >= 4 is 0 Å². The molecule has 0 radical (unpaired) electrons. The van der Waals surface area contributed by atoms with Gasteiger partial charge in [-0.25, -0.2) is 0 Å². The van der Waals surface area contributed by atoms with Crippen molar-refractivity contribution in [2.24, 2.45) is 29.1 Å². The largest absolute Gasteiger partial charge is 0.0811 e. The summed E-state index contributed by atoms with van der Waals surface area (Å²) in [6.07, 6.45) is 11.4. The molecule has 2 aliphatic carbocycles. The third-order valence-electron chi connectivity index (χ3n) is 5.42. The SMILES string of the molecule is CCCC1[C@@H](C)C=CC2=CC(C)CC(C)[C@@]21C. The Morgan fingerprint density at radius 2 is 2.00 bits per heavy atom. The minimum Gasteiger partial charge on any atom is -0.0811 e. The summed E-state index contributed by atoms with van der Waals surface area (Å²) in [6.45, 7) is 12.1. The van der Waals surface area contributed by atoms with E-state index < -0.39 is 0 Å². The zero-order chi connectivity index (χ0) is 12.6. The van der Waals surface area contributed by atoms with Crippen molar-refractivity contribution in [3.63, 3.8) is 0 Å². The maximum absolute atomic E-state index is 2.53. The third-order valence-corrected chi connectivity index (χ3v) is 5.42. The molecule has 0 aromatic heterocycles. The summed E-state index contributed by atoms with van der Waals surface area (Å²) in [5, 5.41) is 0. The molecule has 5 atom stereocenters. The van der Waals surface area contributed by atoms with Crippen LogP contribution in [0.5, 0.6) is 0 Å². The highest BCUT2D eigenvalue weighted by molar-refractivity contribution is 5.35. The normalized spacial score (nSPS) is 45.4. The van der Waals surface area contributed by atoms with E-state index in [2.05, 4.69) is 52.8 Å². The predicted molar refractivity (Wildman–Crippen MR) is 75.8 cm³/mol. The standard InChI is InChI=1S/C17H28/c1-6-7-16-13(3)8-9-15-11-12(2)10-14(4)17(15,16)5/h8-9,11-14,16H,6-7,10H2,1-5H3/t12?,13-,14?,16?,17-/m0/s1. The van der Waals surface area contributed by atoms with Crippen molar-refractivity contribution in [3.8, 4) is 0 Å². The molecule has 0 N–H and O–H groups in total. The van der Waals surface area contributed by atoms with Crippen LogP contribution >= 0.6 is 0 Å². The molecule has 0 saturated heterocycles. The van der Waals surface area contributed by atoms with Crippen LogP contribution in [-0.4, -0.2) is 0 Å². The molecule has 2 aliphatic rings. The van der Waals surface area contributed by atoms with Gasteiger partial charge in [0.2, 0.25) is 0 Å². The fourth-order valence-electron chi connectivity index (χ4n) is 4.27. The first-order valence-corrected chi connectivity index (χ1v) is 7.40. The number of fused-ring (bicyclic) bond motifs is 1. The smallest absolute Gasteiger partial charge is 0.00189 e. The summed E-state index contributed by atoms with van der Waals surface area (Å²) in [6, 6.07) is 0. The van der Waals surface area contributed by atoms with Crippen LogP contribution in [0, 0.1) is 29.1 Å². The van der Waals surface area contributed by atoms with Gasteiger partial charge in [-0.3, -0.25) is 0 Å². The van der Waals surface area contributed by atoms with Crippen LogP contribution in [0.25, 0.3) is 0 Å². The number of rotatable bonds is 2. The molecule has 0 heterocycles. The van der Waals surface area contributed by atoms with Crippen LogP contribution in [-0.2, 0) is 0 Å². The fraction of sp³-hybridized carbons (Fsp3) is 0.765. The molecule has 3 unspecified atom stereocenters. The summed E-state index contributed by atoms with van der Waals surface area (Å²) in [5.74, 6) is 3.16. The van der Waals surface area contributed by atoms with Crippen LogP contribution in [0.15, 0.2) is 23.8 Å². The lowest BCUT2D eigenvalue weighted by Crippen LogP contribution is -2.43. The summed E-state index contributed by atoms with van der Waals surface area (Å²) in [4.78, 5) is 0. The maximum atomic E-state index is 2.53. The molecule has 0 aromatic carbocycles. The minimum absolute atomic E-state index is 0.427. The van der Waals surface area contributed by atoms with Gasteiger partial charge < -0.3 is 0 Å². The molecular formula is C17H28. The molecule has 96 valence electrons. The van der Waals surface area contributed by atoms with Crippen molar-refractivity contribution in [2.75, 3.05) is 0 Å². The highest BCUT2D eigenvalue weighted by atomic mass is 14.5. The lowest BCUT2D eigenvalue weighted by atomic mass is 9.53. The first-order valence-electron chi connectivity index (χ1n) is 7.40. The summed E-state index contributed by atoms with van der Waals surface area (Å²) in [5.41, 5.74) is 2.05. The second-order valence-electron chi connectivity index (χ2n) is 6.63. The van der Waals surface area contributed by atoms with Gasteiger partial charge in [0, 0.05) is 0 Å². The van der Waals surface area contributed by atoms with Gasteiger partial charge in [-0.15, -0.1) is 0 Å². The summed E-state index contributed by atoms with van der Waals surface area (Å²) >= 11 is 0. The van der Waals surface area contributed by atoms with E-state index in [9.17, 15) is 0 Å². The van der Waals surface area contributed by atoms with E-state index in [0.29, 0.717) is 5.41 Å². The maximum Gasteiger partial charge on any atom is -0.00189 e. The van der Waals surface area contributed by atoms with Crippen molar-refractivity contribution < 1.29 is 0 Å². The molecule has 0 heteroatoms. The Bertz CT molecular complexity index is 336. The Labute approximate surface area is 107 Å². The molecule has 0 bridgehead atoms. The topological polar surface area (TPSA) is 0 Å². The van der Waals surface area contributed by atoms with Gasteiger partial charge in [0.15, 0.2) is 0 Å². The number of hydrogen-bond donors (Lipinski definition) is 0. The highest BCUT2D eigenvalue weighted by Crippen LogP contribution is 2.55. The highest BCUT2D eigenvalue weighted by Gasteiger charge is 2.46. The minimum atomic E-state index is 0.427. The molecule has 0 nitrogen and oxygen atoms in total. The lowest BCUT2D eigenvalue weighted by molar-refractivity contribution is 0.0830. The number of hydrogen-bond acceptors (Lipinski definition) is 0. The van der Waals surface area contributed by atoms with Crippen molar-refractivity contribution in [2.45, 2.75) is 53.9 Å². The van der Waals surface area contributed by atoms with Crippen molar-refractivity contribution in [1.82, 2.24) is 0 Å². The van der Waals surface area contributed by atoms with Crippen LogP contribution in [0.2, 0.25) is 0 Å². The van der Waals surface area contributed by atoms with Crippen molar-refractivity contribution in [3.05, 3.63) is 23.8 Å². The summed E-state index contributed by atoms with van der Waals surface area (Å²) < 4.78 is 0. The molecule has 0 aromatic rings. The molecule has 0 amide bonds. The van der Waals surface area contributed by atoms with Gasteiger partial charge in [-0.2, -0.15) is 0 Å². The quantitative estimate of drug-likeness (QED) is 0.612. The molecule has 0 aliphatic heterocycles. The van der Waals surface area contributed by atoms with Gasteiger partial charge in [-0.1, -0.05) is 59.3 Å². The van der Waals surface area contributed by atoms with E-state index in [1.54, 1.807) is 5.57 Å². The monoisotopic (exact) mass is 232 g/mol. The molecule has 17 heavy (non-hydrogen) atoms. The van der Waals surface area contributed by atoms with E-state index in [-0.39, 0.29) is 0 Å². The summed E-state index contributed by atoms with van der Waals surface area (Å²) in [7, 11) is 0. The Morgan fingerprint density at radius 1 is 1.29 bits per heavy atom. The molecule has 0 spiro atoms. The van der Waals surface area contributed by atoms with Gasteiger partial charge in [0.05, 0.1) is 0 Å². The molecule has 0 fully saturated rings. The Kier molecular flexibility index (Phi) is 3.52. The van der Waals surface area contributed by atoms with E-state index in [0.717, 1.165) is 23.7 Å². The van der Waals surface area contributed by atoms with E-state index in [1.807, 2.05) is 0 Å². The average Bonchev–Trinajstić information content (AvgIpc) is 2.27. The lowest BCUT2D eigenvalue weighted by Gasteiger charge is -2.51. The number of allylic oxidation sites excluding steroid dienone is 4. The van der Waals surface area contributed by atoms with E-state index in [4.69, 9.17) is 0 Å². The fourth-order valence-corrected chi connectivity index (χ4v) is 4.27. The molecule has 0 saturated carbocycles. The average molecular weight is 232 g/mol. The van der Waals surface area contributed by atoms with Gasteiger partial charge in [0.1, 0.15) is 0 Å². The third kappa shape index (κ3) is 2.00. The zero-order valence-corrected chi connectivity index (χ0v) is 12.2. The predicted octanol–water partition coefficient (Wildman–Crippen LogP) is 5.22. The van der Waals surface area contributed by atoms with E-state index >= 15 is 0 Å². The first kappa shape index (κ1) is 12.9. The van der Waals surface area contributed by atoms with Gasteiger partial charge in [-0.05, 0) is 47.5 Å². The van der Waals surface area contributed by atoms with Crippen molar-refractivity contribution in [1.29, 1.82) is 0 Å². The Morgan fingerprint density at radius 3 is 2.65 bits per heavy atom. The first-order chi connectivity index (χ1) is 8.00. The van der Waals surface area contributed by atoms with Crippen LogP contribution < -0.4 is 0 Å². The van der Waals surface area contributed by atoms with Crippen LogP contribution in [0.3, 0.4) is 0 Å². The van der Waals surface area contributed by atoms with Gasteiger partial charge >= 0.3 is 0 Å². The van der Waals surface area contributed by atoms with E-state index in [1.165, 1.54) is 19.3 Å². The van der Waals surface area contributed by atoms with Crippen LogP contribution in [0.1, 0.15) is 53.9 Å².